The molecule has 1 unspecified atom stereocenters. The lowest BCUT2D eigenvalue weighted by Gasteiger charge is -2.21. The van der Waals surface area contributed by atoms with Crippen LogP contribution >= 0.6 is 27.5 Å². The molecule has 0 amide bonds. The smallest absolute Gasteiger partial charge is 0.0468 e. The number of ether oxygens (including phenoxy) is 1. The monoisotopic (exact) mass is 345 g/mol. The van der Waals surface area contributed by atoms with Crippen LogP contribution in [-0.4, -0.2) is 20.3 Å². The van der Waals surface area contributed by atoms with Gasteiger partial charge in [0, 0.05) is 35.8 Å². The van der Waals surface area contributed by atoms with Crippen LogP contribution in [0.15, 0.2) is 22.7 Å². The summed E-state index contributed by atoms with van der Waals surface area (Å²) < 4.78 is 6.21. The zero-order valence-corrected chi connectivity index (χ0v) is 13.9. The Balaban J connectivity index is 1.89. The Bertz CT molecular complexity index is 434. The Morgan fingerprint density at radius 2 is 2.21 bits per heavy atom. The van der Waals surface area contributed by atoms with Crippen molar-refractivity contribution >= 4 is 27.5 Å². The molecule has 1 aliphatic rings. The van der Waals surface area contributed by atoms with Crippen LogP contribution in [0.3, 0.4) is 0 Å². The van der Waals surface area contributed by atoms with E-state index in [1.54, 1.807) is 7.11 Å². The summed E-state index contributed by atoms with van der Waals surface area (Å²) in [5.41, 5.74) is 1.62. The van der Waals surface area contributed by atoms with Crippen molar-refractivity contribution in [2.75, 3.05) is 20.3 Å². The SMILES string of the molecule is COCCC1(CNC(C)c2ccc(Br)cc2Cl)CC1. The largest absolute Gasteiger partial charge is 0.385 e. The van der Waals surface area contributed by atoms with Crippen molar-refractivity contribution in [1.29, 1.82) is 0 Å². The first kappa shape index (κ1) is 15.3. The van der Waals surface area contributed by atoms with Gasteiger partial charge in [0.15, 0.2) is 0 Å². The van der Waals surface area contributed by atoms with Crippen molar-refractivity contribution in [3.05, 3.63) is 33.3 Å². The van der Waals surface area contributed by atoms with E-state index in [2.05, 4.69) is 34.2 Å². The average Bonchev–Trinajstić information content (AvgIpc) is 3.14. The van der Waals surface area contributed by atoms with Gasteiger partial charge in [0.2, 0.25) is 0 Å². The van der Waals surface area contributed by atoms with Gasteiger partial charge >= 0.3 is 0 Å². The zero-order chi connectivity index (χ0) is 13.9. The van der Waals surface area contributed by atoms with Gasteiger partial charge in [-0.1, -0.05) is 33.6 Å². The highest BCUT2D eigenvalue weighted by molar-refractivity contribution is 9.10. The molecule has 1 atom stereocenters. The molecule has 0 aromatic heterocycles. The van der Waals surface area contributed by atoms with Gasteiger partial charge in [-0.2, -0.15) is 0 Å². The van der Waals surface area contributed by atoms with E-state index < -0.39 is 0 Å². The maximum absolute atomic E-state index is 6.28. The molecule has 0 saturated heterocycles. The Kier molecular flexibility index (Phi) is 5.29. The molecule has 0 aliphatic heterocycles. The van der Waals surface area contributed by atoms with Crippen LogP contribution in [0.4, 0.5) is 0 Å². The second kappa shape index (κ2) is 6.57. The van der Waals surface area contributed by atoms with E-state index in [9.17, 15) is 0 Å². The Hall–Kier alpha value is -0.0900. The first-order chi connectivity index (χ1) is 9.06. The van der Waals surface area contributed by atoms with E-state index in [1.807, 2.05) is 12.1 Å². The molecular weight excluding hydrogens is 326 g/mol. The number of nitrogens with one attached hydrogen (secondary N) is 1. The number of hydrogen-bond donors (Lipinski definition) is 1. The molecule has 1 aliphatic carbocycles. The maximum atomic E-state index is 6.28. The van der Waals surface area contributed by atoms with Gasteiger partial charge in [-0.3, -0.25) is 0 Å². The fourth-order valence-corrected chi connectivity index (χ4v) is 3.18. The van der Waals surface area contributed by atoms with Crippen molar-refractivity contribution < 1.29 is 4.74 Å². The van der Waals surface area contributed by atoms with Gasteiger partial charge in [-0.05, 0) is 49.3 Å². The Morgan fingerprint density at radius 1 is 1.47 bits per heavy atom. The van der Waals surface area contributed by atoms with Gasteiger partial charge in [0.25, 0.3) is 0 Å². The predicted molar refractivity (Wildman–Crippen MR) is 83.7 cm³/mol. The molecule has 0 bridgehead atoms. The van der Waals surface area contributed by atoms with Crippen LogP contribution in [0.2, 0.25) is 5.02 Å². The molecule has 1 fully saturated rings. The number of halogens is 2. The van der Waals surface area contributed by atoms with Gasteiger partial charge in [0.05, 0.1) is 0 Å². The number of hydrogen-bond acceptors (Lipinski definition) is 2. The van der Waals surface area contributed by atoms with E-state index in [1.165, 1.54) is 12.8 Å². The number of benzene rings is 1. The van der Waals surface area contributed by atoms with Crippen LogP contribution in [0.25, 0.3) is 0 Å². The first-order valence-corrected chi connectivity index (χ1v) is 7.91. The minimum absolute atomic E-state index is 0.278. The first-order valence-electron chi connectivity index (χ1n) is 6.74. The van der Waals surface area contributed by atoms with E-state index in [-0.39, 0.29) is 6.04 Å². The number of rotatable bonds is 7. The predicted octanol–water partition coefficient (Wildman–Crippen LogP) is 4.57. The highest BCUT2D eigenvalue weighted by Gasteiger charge is 2.41. The molecule has 1 aromatic rings. The van der Waals surface area contributed by atoms with E-state index in [0.717, 1.165) is 34.6 Å². The zero-order valence-electron chi connectivity index (χ0n) is 11.5. The summed E-state index contributed by atoms with van der Waals surface area (Å²) in [5, 5.41) is 4.43. The topological polar surface area (TPSA) is 21.3 Å². The highest BCUT2D eigenvalue weighted by Crippen LogP contribution is 2.48. The van der Waals surface area contributed by atoms with Crippen molar-refractivity contribution in [1.82, 2.24) is 5.32 Å². The Morgan fingerprint density at radius 3 is 2.79 bits per heavy atom. The molecule has 1 saturated carbocycles. The third-order valence-corrected chi connectivity index (χ3v) is 4.83. The van der Waals surface area contributed by atoms with Crippen LogP contribution in [0.5, 0.6) is 0 Å². The lowest BCUT2D eigenvalue weighted by molar-refractivity contribution is 0.170. The van der Waals surface area contributed by atoms with Gasteiger partial charge in [0.1, 0.15) is 0 Å². The Labute approximate surface area is 129 Å². The molecular formula is C15H21BrClNO. The molecule has 2 nitrogen and oxygen atoms in total. The highest BCUT2D eigenvalue weighted by atomic mass is 79.9. The third kappa shape index (κ3) is 4.19. The summed E-state index contributed by atoms with van der Waals surface area (Å²) in [6.45, 7) is 4.07. The molecule has 0 radical (unpaired) electrons. The fraction of sp³-hybridized carbons (Fsp3) is 0.600. The van der Waals surface area contributed by atoms with E-state index in [4.69, 9.17) is 16.3 Å². The van der Waals surface area contributed by atoms with Crippen LogP contribution < -0.4 is 5.32 Å². The van der Waals surface area contributed by atoms with Crippen molar-refractivity contribution in [3.63, 3.8) is 0 Å². The second-order valence-electron chi connectivity index (χ2n) is 5.51. The summed E-state index contributed by atoms with van der Waals surface area (Å²) in [4.78, 5) is 0. The van der Waals surface area contributed by atoms with Crippen molar-refractivity contribution in [2.45, 2.75) is 32.2 Å². The quantitative estimate of drug-likeness (QED) is 0.781. The molecule has 2 rings (SSSR count). The molecule has 4 heteroatoms. The van der Waals surface area contributed by atoms with Gasteiger partial charge in [-0.15, -0.1) is 0 Å². The fourth-order valence-electron chi connectivity index (χ4n) is 2.34. The minimum Gasteiger partial charge on any atom is -0.385 e. The van der Waals surface area contributed by atoms with Gasteiger partial charge < -0.3 is 10.1 Å². The lowest BCUT2D eigenvalue weighted by Crippen LogP contribution is -2.27. The van der Waals surface area contributed by atoms with E-state index in [0.29, 0.717) is 5.41 Å². The molecule has 19 heavy (non-hydrogen) atoms. The average molecular weight is 347 g/mol. The number of methoxy groups -OCH3 is 1. The van der Waals surface area contributed by atoms with Crippen molar-refractivity contribution in [3.8, 4) is 0 Å². The van der Waals surface area contributed by atoms with Crippen molar-refractivity contribution in [2.24, 2.45) is 5.41 Å². The summed E-state index contributed by atoms with van der Waals surface area (Å²) in [7, 11) is 1.77. The van der Waals surface area contributed by atoms with Gasteiger partial charge in [-0.25, -0.2) is 0 Å². The summed E-state index contributed by atoms with van der Waals surface area (Å²) in [6.07, 6.45) is 3.77. The van der Waals surface area contributed by atoms with Crippen LogP contribution in [0, 0.1) is 5.41 Å². The van der Waals surface area contributed by atoms with Crippen LogP contribution in [-0.2, 0) is 4.74 Å². The summed E-state index contributed by atoms with van der Waals surface area (Å²) in [5.74, 6) is 0. The normalized spacial score (nSPS) is 18.3. The van der Waals surface area contributed by atoms with Crippen LogP contribution in [0.1, 0.15) is 37.8 Å². The lowest BCUT2D eigenvalue weighted by atomic mass is 10.0. The molecule has 0 heterocycles. The standard InChI is InChI=1S/C15H21BrClNO/c1-11(13-4-3-12(16)9-14(13)17)18-10-15(5-6-15)7-8-19-2/h3-4,9,11,18H,5-8,10H2,1-2H3. The molecule has 106 valence electrons. The third-order valence-electron chi connectivity index (χ3n) is 4.01. The molecule has 1 aromatic carbocycles. The van der Waals surface area contributed by atoms with E-state index >= 15 is 0 Å². The molecule has 0 spiro atoms. The maximum Gasteiger partial charge on any atom is 0.0468 e. The summed E-state index contributed by atoms with van der Waals surface area (Å²) >= 11 is 9.72. The summed E-state index contributed by atoms with van der Waals surface area (Å²) in [6, 6.07) is 6.35. The molecule has 1 N–H and O–H groups in total. The minimum atomic E-state index is 0.278. The second-order valence-corrected chi connectivity index (χ2v) is 6.83.